The highest BCUT2D eigenvalue weighted by atomic mass is 79.9. The van der Waals surface area contributed by atoms with E-state index >= 15 is 0 Å². The van der Waals surface area contributed by atoms with E-state index in [0.717, 1.165) is 31.2 Å². The Morgan fingerprint density at radius 1 is 1.28 bits per heavy atom. The molecule has 1 N–H and O–H groups in total. The molecule has 18 heavy (non-hydrogen) atoms. The number of hydrogen-bond acceptors (Lipinski definition) is 4. The normalized spacial score (nSPS) is 11.0. The lowest BCUT2D eigenvalue weighted by Gasteiger charge is -2.12. The fourth-order valence-electron chi connectivity index (χ4n) is 1.55. The Hall–Kier alpha value is -0.460. The highest BCUT2D eigenvalue weighted by Gasteiger charge is 2.15. The zero-order valence-corrected chi connectivity index (χ0v) is 14.3. The van der Waals surface area contributed by atoms with Gasteiger partial charge in [-0.05, 0) is 43.8 Å². The Labute approximate surface area is 127 Å². The Kier molecular flexibility index (Phi) is 4.40. The van der Waals surface area contributed by atoms with E-state index in [0.29, 0.717) is 5.92 Å². The van der Waals surface area contributed by atoms with Crippen molar-refractivity contribution in [2.75, 3.05) is 12.4 Å². The molecule has 96 valence electrons. The number of rotatable bonds is 3. The van der Waals surface area contributed by atoms with Crippen LogP contribution in [0.25, 0.3) is 10.7 Å². The molecule has 2 aromatic rings. The van der Waals surface area contributed by atoms with Crippen LogP contribution < -0.4 is 5.32 Å². The third-order valence-corrected chi connectivity index (χ3v) is 4.92. The third-order valence-electron chi connectivity index (χ3n) is 2.45. The summed E-state index contributed by atoms with van der Waals surface area (Å²) < 4.78 is 2.01. The molecule has 2 heterocycles. The van der Waals surface area contributed by atoms with Gasteiger partial charge in [-0.25, -0.2) is 9.97 Å². The minimum atomic E-state index is 0.344. The molecule has 0 atom stereocenters. The third kappa shape index (κ3) is 2.75. The summed E-state index contributed by atoms with van der Waals surface area (Å²) in [6, 6.07) is 2.04. The number of nitrogens with one attached hydrogen (secondary N) is 1. The van der Waals surface area contributed by atoms with E-state index in [1.807, 2.05) is 18.5 Å². The summed E-state index contributed by atoms with van der Waals surface area (Å²) in [5.74, 6) is 1.94. The molecule has 3 nitrogen and oxygen atoms in total. The summed E-state index contributed by atoms with van der Waals surface area (Å²) >= 11 is 8.65. The van der Waals surface area contributed by atoms with E-state index in [-0.39, 0.29) is 0 Å². The quantitative estimate of drug-likeness (QED) is 0.810. The van der Waals surface area contributed by atoms with Gasteiger partial charge >= 0.3 is 0 Å². The second-order valence-electron chi connectivity index (χ2n) is 4.13. The smallest absolute Gasteiger partial charge is 0.171 e. The van der Waals surface area contributed by atoms with Crippen molar-refractivity contribution in [1.29, 1.82) is 0 Å². The van der Waals surface area contributed by atoms with Gasteiger partial charge in [-0.2, -0.15) is 0 Å². The first-order valence-corrected chi connectivity index (χ1v) is 7.99. The zero-order chi connectivity index (χ0) is 13.3. The molecular weight excluding hydrogens is 378 g/mol. The monoisotopic (exact) mass is 389 g/mol. The van der Waals surface area contributed by atoms with Gasteiger partial charge < -0.3 is 5.32 Å². The van der Waals surface area contributed by atoms with Gasteiger partial charge in [-0.1, -0.05) is 13.8 Å². The molecule has 6 heteroatoms. The zero-order valence-electron chi connectivity index (χ0n) is 10.3. The minimum Gasteiger partial charge on any atom is -0.372 e. The summed E-state index contributed by atoms with van der Waals surface area (Å²) in [7, 11) is 1.87. The molecular formula is C12H13Br2N3S. The summed E-state index contributed by atoms with van der Waals surface area (Å²) in [5, 5.41) is 5.14. The second kappa shape index (κ2) is 5.67. The lowest BCUT2D eigenvalue weighted by Crippen LogP contribution is -2.04. The molecule has 0 unspecified atom stereocenters. The summed E-state index contributed by atoms with van der Waals surface area (Å²) in [6.07, 6.45) is 0. The standard InChI is InChI=1S/C12H13Br2N3S/c1-6(2)10-9(14)12(15-3)17-11(16-10)8-4-7(13)5-18-8/h4-6H,1-3H3,(H,15,16,17). The maximum atomic E-state index is 4.66. The Balaban J connectivity index is 2.58. The lowest BCUT2D eigenvalue weighted by molar-refractivity contribution is 0.810. The number of aromatic nitrogens is 2. The fraction of sp³-hybridized carbons (Fsp3) is 0.333. The van der Waals surface area contributed by atoms with Crippen LogP contribution in [0.1, 0.15) is 25.5 Å². The number of thiophene rings is 1. The molecule has 2 rings (SSSR count). The topological polar surface area (TPSA) is 37.8 Å². The van der Waals surface area contributed by atoms with Crippen molar-refractivity contribution in [1.82, 2.24) is 9.97 Å². The first kappa shape index (κ1) is 14.0. The van der Waals surface area contributed by atoms with Crippen molar-refractivity contribution in [2.45, 2.75) is 19.8 Å². The predicted octanol–water partition coefficient (Wildman–Crippen LogP) is 4.90. The fourth-order valence-corrected chi connectivity index (χ4v) is 3.75. The summed E-state index contributed by atoms with van der Waals surface area (Å²) in [4.78, 5) is 10.3. The van der Waals surface area contributed by atoms with Crippen molar-refractivity contribution in [2.24, 2.45) is 0 Å². The molecule has 0 saturated heterocycles. The SMILES string of the molecule is CNc1nc(-c2cc(Br)cs2)nc(C(C)C)c1Br. The maximum Gasteiger partial charge on any atom is 0.171 e. The molecule has 0 aliphatic rings. The molecule has 0 aromatic carbocycles. The van der Waals surface area contributed by atoms with E-state index in [1.54, 1.807) is 11.3 Å². The van der Waals surface area contributed by atoms with Crippen LogP contribution in [0, 0.1) is 0 Å². The van der Waals surface area contributed by atoms with E-state index in [4.69, 9.17) is 0 Å². The molecule has 0 saturated carbocycles. The van der Waals surface area contributed by atoms with Gasteiger partial charge in [0, 0.05) is 16.9 Å². The molecule has 0 aliphatic heterocycles. The summed E-state index contributed by atoms with van der Waals surface area (Å²) in [6.45, 7) is 4.25. The molecule has 0 aliphatic carbocycles. The van der Waals surface area contributed by atoms with Gasteiger partial charge in [0.2, 0.25) is 0 Å². The molecule has 0 fully saturated rings. The van der Waals surface area contributed by atoms with Crippen LogP contribution in [0.4, 0.5) is 5.82 Å². The number of nitrogens with zero attached hydrogens (tertiary/aromatic N) is 2. The van der Waals surface area contributed by atoms with Gasteiger partial charge in [0.15, 0.2) is 5.82 Å². The first-order chi connectivity index (χ1) is 8.52. The van der Waals surface area contributed by atoms with Crippen LogP contribution in [0.15, 0.2) is 20.4 Å². The van der Waals surface area contributed by atoms with Gasteiger partial charge in [0.1, 0.15) is 5.82 Å². The summed E-state index contributed by atoms with van der Waals surface area (Å²) in [5.41, 5.74) is 1.02. The predicted molar refractivity (Wildman–Crippen MR) is 84.4 cm³/mol. The van der Waals surface area contributed by atoms with Crippen LogP contribution >= 0.6 is 43.2 Å². The van der Waals surface area contributed by atoms with Gasteiger partial charge in [0.05, 0.1) is 15.0 Å². The molecule has 2 aromatic heterocycles. The number of halogens is 2. The Bertz CT molecular complexity index is 566. The highest BCUT2D eigenvalue weighted by Crippen LogP contribution is 2.33. The Morgan fingerprint density at radius 2 is 2.00 bits per heavy atom. The Morgan fingerprint density at radius 3 is 2.50 bits per heavy atom. The second-order valence-corrected chi connectivity index (χ2v) is 6.75. The van der Waals surface area contributed by atoms with Gasteiger partial charge in [-0.15, -0.1) is 11.3 Å². The van der Waals surface area contributed by atoms with E-state index < -0.39 is 0 Å². The van der Waals surface area contributed by atoms with Crippen LogP contribution in [-0.4, -0.2) is 17.0 Å². The average Bonchev–Trinajstić information content (AvgIpc) is 2.76. The largest absolute Gasteiger partial charge is 0.372 e. The van der Waals surface area contributed by atoms with Crippen molar-refractivity contribution in [3.63, 3.8) is 0 Å². The number of hydrogen-bond donors (Lipinski definition) is 1. The van der Waals surface area contributed by atoms with Crippen LogP contribution in [0.5, 0.6) is 0 Å². The highest BCUT2D eigenvalue weighted by molar-refractivity contribution is 9.11. The van der Waals surface area contributed by atoms with Crippen molar-refractivity contribution >= 4 is 49.0 Å². The maximum absolute atomic E-state index is 4.66. The van der Waals surface area contributed by atoms with Crippen molar-refractivity contribution in [3.8, 4) is 10.7 Å². The van der Waals surface area contributed by atoms with Crippen LogP contribution in [0.2, 0.25) is 0 Å². The average molecular weight is 391 g/mol. The van der Waals surface area contributed by atoms with E-state index in [2.05, 4.69) is 61.0 Å². The van der Waals surface area contributed by atoms with Crippen LogP contribution in [-0.2, 0) is 0 Å². The molecule has 0 radical (unpaired) electrons. The van der Waals surface area contributed by atoms with Gasteiger partial charge in [0.25, 0.3) is 0 Å². The number of anilines is 1. The van der Waals surface area contributed by atoms with Crippen molar-refractivity contribution < 1.29 is 0 Å². The molecule has 0 bridgehead atoms. The minimum absolute atomic E-state index is 0.344. The first-order valence-electron chi connectivity index (χ1n) is 5.52. The van der Waals surface area contributed by atoms with Crippen molar-refractivity contribution in [3.05, 3.63) is 26.1 Å². The lowest BCUT2D eigenvalue weighted by atomic mass is 10.1. The van der Waals surface area contributed by atoms with E-state index in [1.165, 1.54) is 0 Å². The molecule has 0 spiro atoms. The van der Waals surface area contributed by atoms with E-state index in [9.17, 15) is 0 Å². The molecule has 0 amide bonds. The van der Waals surface area contributed by atoms with Gasteiger partial charge in [-0.3, -0.25) is 0 Å². The van der Waals surface area contributed by atoms with Crippen LogP contribution in [0.3, 0.4) is 0 Å².